The zero-order chi connectivity index (χ0) is 13.7. The standard InChI is InChI=1S/C12H17BN2O4/c1-2-3-4-5-6-11-14-15-12(19-11)9-7-10(13(16)17)18-8-9/h7-8,16-17H,2-6H2,1H3. The summed E-state index contributed by atoms with van der Waals surface area (Å²) in [5.41, 5.74) is 0.605. The highest BCUT2D eigenvalue weighted by atomic mass is 16.4. The van der Waals surface area contributed by atoms with Crippen LogP contribution in [0.1, 0.15) is 38.5 Å². The molecule has 0 saturated heterocycles. The first-order valence-corrected chi connectivity index (χ1v) is 6.48. The van der Waals surface area contributed by atoms with Gasteiger partial charge in [-0.25, -0.2) is 0 Å². The molecule has 7 heteroatoms. The third-order valence-electron chi connectivity index (χ3n) is 2.83. The summed E-state index contributed by atoms with van der Waals surface area (Å²) >= 11 is 0. The van der Waals surface area contributed by atoms with E-state index in [0.29, 0.717) is 17.3 Å². The Kier molecular flexibility index (Phi) is 4.76. The van der Waals surface area contributed by atoms with Crippen LogP contribution in [0.15, 0.2) is 21.2 Å². The summed E-state index contributed by atoms with van der Waals surface area (Å²) in [5.74, 6) is 0.930. The fourth-order valence-electron chi connectivity index (χ4n) is 1.77. The number of hydrogen-bond donors (Lipinski definition) is 2. The summed E-state index contributed by atoms with van der Waals surface area (Å²) in [6.07, 6.45) is 6.71. The molecule has 0 radical (unpaired) electrons. The maximum Gasteiger partial charge on any atom is 0.526 e. The second-order valence-corrected chi connectivity index (χ2v) is 4.42. The number of hydrogen-bond acceptors (Lipinski definition) is 6. The highest BCUT2D eigenvalue weighted by molar-refractivity contribution is 6.57. The normalized spacial score (nSPS) is 10.9. The Balaban J connectivity index is 1.95. The van der Waals surface area contributed by atoms with Crippen molar-refractivity contribution in [2.45, 2.75) is 39.0 Å². The van der Waals surface area contributed by atoms with Gasteiger partial charge in [0.15, 0.2) is 0 Å². The average Bonchev–Trinajstić information content (AvgIpc) is 3.03. The number of aromatic nitrogens is 2. The fraction of sp³-hybridized carbons (Fsp3) is 0.500. The molecule has 2 rings (SSSR count). The number of nitrogens with zero attached hydrogens (tertiary/aromatic N) is 2. The molecule has 19 heavy (non-hydrogen) atoms. The molecule has 0 amide bonds. The third kappa shape index (κ3) is 3.68. The van der Waals surface area contributed by atoms with E-state index in [4.69, 9.17) is 18.9 Å². The van der Waals surface area contributed by atoms with Gasteiger partial charge in [-0.15, -0.1) is 10.2 Å². The molecule has 0 aliphatic heterocycles. The molecule has 2 N–H and O–H groups in total. The first kappa shape index (κ1) is 13.8. The average molecular weight is 264 g/mol. The molecule has 0 bridgehead atoms. The van der Waals surface area contributed by atoms with E-state index in [-0.39, 0.29) is 5.66 Å². The molecule has 0 aromatic carbocycles. The smallest absolute Gasteiger partial charge is 0.472 e. The van der Waals surface area contributed by atoms with Gasteiger partial charge in [0.1, 0.15) is 11.9 Å². The van der Waals surface area contributed by atoms with Crippen molar-refractivity contribution in [1.29, 1.82) is 0 Å². The number of rotatable bonds is 7. The lowest BCUT2D eigenvalue weighted by Crippen LogP contribution is -2.27. The predicted molar refractivity (Wildman–Crippen MR) is 69.7 cm³/mol. The maximum atomic E-state index is 8.95. The Morgan fingerprint density at radius 3 is 2.74 bits per heavy atom. The van der Waals surface area contributed by atoms with E-state index in [2.05, 4.69) is 17.1 Å². The molecular formula is C12H17BN2O4. The first-order valence-electron chi connectivity index (χ1n) is 6.48. The minimum absolute atomic E-state index is 0.0534. The maximum absolute atomic E-state index is 8.95. The first-order chi connectivity index (χ1) is 9.20. The Morgan fingerprint density at radius 2 is 2.05 bits per heavy atom. The zero-order valence-electron chi connectivity index (χ0n) is 10.9. The van der Waals surface area contributed by atoms with E-state index in [1.54, 1.807) is 0 Å². The van der Waals surface area contributed by atoms with Crippen LogP contribution in [0.5, 0.6) is 0 Å². The Bertz CT molecular complexity index is 509. The Labute approximate surface area is 111 Å². The molecule has 0 spiro atoms. The van der Waals surface area contributed by atoms with E-state index in [0.717, 1.165) is 19.3 Å². The summed E-state index contributed by atoms with van der Waals surface area (Å²) in [7, 11) is -1.63. The highest BCUT2D eigenvalue weighted by Gasteiger charge is 2.19. The molecule has 2 heterocycles. The van der Waals surface area contributed by atoms with Crippen molar-refractivity contribution in [1.82, 2.24) is 10.2 Å². The molecule has 2 aromatic rings. The number of aryl methyl sites for hydroxylation is 1. The van der Waals surface area contributed by atoms with E-state index < -0.39 is 7.12 Å². The van der Waals surface area contributed by atoms with Gasteiger partial charge >= 0.3 is 7.12 Å². The van der Waals surface area contributed by atoms with Crippen molar-refractivity contribution in [3.63, 3.8) is 0 Å². The van der Waals surface area contributed by atoms with Gasteiger partial charge in [-0.05, 0) is 12.5 Å². The molecule has 6 nitrogen and oxygen atoms in total. The lowest BCUT2D eigenvalue weighted by molar-refractivity contribution is 0.409. The van der Waals surface area contributed by atoms with Crippen molar-refractivity contribution < 1.29 is 18.9 Å². The van der Waals surface area contributed by atoms with Crippen LogP contribution in [0, 0.1) is 0 Å². The van der Waals surface area contributed by atoms with Crippen LogP contribution in [-0.2, 0) is 6.42 Å². The topological polar surface area (TPSA) is 92.5 Å². The molecule has 102 valence electrons. The van der Waals surface area contributed by atoms with Gasteiger partial charge in [0, 0.05) is 6.42 Å². The lowest BCUT2D eigenvalue weighted by Gasteiger charge is -1.94. The predicted octanol–water partition coefficient (Wildman–Crippen LogP) is 1.13. The van der Waals surface area contributed by atoms with E-state index in [1.165, 1.54) is 25.2 Å². The second kappa shape index (κ2) is 6.54. The van der Waals surface area contributed by atoms with Crippen LogP contribution in [0.25, 0.3) is 11.5 Å². The van der Waals surface area contributed by atoms with Gasteiger partial charge < -0.3 is 18.9 Å². The van der Waals surface area contributed by atoms with Crippen LogP contribution < -0.4 is 5.66 Å². The minimum Gasteiger partial charge on any atom is -0.472 e. The lowest BCUT2D eigenvalue weighted by atomic mass is 9.87. The Morgan fingerprint density at radius 1 is 1.21 bits per heavy atom. The molecule has 0 atom stereocenters. The van der Waals surface area contributed by atoms with Crippen LogP contribution >= 0.6 is 0 Å². The minimum atomic E-state index is -1.63. The SMILES string of the molecule is CCCCCCc1nnc(-c2coc(B(O)O)c2)o1. The van der Waals surface area contributed by atoms with Gasteiger partial charge in [0.05, 0.1) is 5.56 Å². The molecule has 0 aliphatic rings. The summed E-state index contributed by atoms with van der Waals surface area (Å²) < 4.78 is 10.5. The van der Waals surface area contributed by atoms with Crippen LogP contribution in [0.3, 0.4) is 0 Å². The summed E-state index contributed by atoms with van der Waals surface area (Å²) in [6.45, 7) is 2.16. The molecule has 0 aliphatic carbocycles. The second-order valence-electron chi connectivity index (χ2n) is 4.42. The van der Waals surface area contributed by atoms with Crippen LogP contribution in [-0.4, -0.2) is 27.4 Å². The van der Waals surface area contributed by atoms with Crippen molar-refractivity contribution in [2.24, 2.45) is 0 Å². The van der Waals surface area contributed by atoms with Crippen molar-refractivity contribution in [3.05, 3.63) is 18.2 Å². The van der Waals surface area contributed by atoms with E-state index >= 15 is 0 Å². The van der Waals surface area contributed by atoms with Crippen LogP contribution in [0.2, 0.25) is 0 Å². The van der Waals surface area contributed by atoms with Gasteiger partial charge in [-0.1, -0.05) is 26.2 Å². The molecule has 0 unspecified atom stereocenters. The van der Waals surface area contributed by atoms with Gasteiger partial charge in [0.25, 0.3) is 5.89 Å². The van der Waals surface area contributed by atoms with E-state index in [9.17, 15) is 0 Å². The van der Waals surface area contributed by atoms with Gasteiger partial charge in [-0.3, -0.25) is 0 Å². The van der Waals surface area contributed by atoms with Crippen LogP contribution in [0.4, 0.5) is 0 Å². The largest absolute Gasteiger partial charge is 0.526 e. The molecule has 0 saturated carbocycles. The zero-order valence-corrected chi connectivity index (χ0v) is 10.9. The fourth-order valence-corrected chi connectivity index (χ4v) is 1.77. The summed E-state index contributed by atoms with van der Waals surface area (Å²) in [5, 5.41) is 25.8. The summed E-state index contributed by atoms with van der Waals surface area (Å²) in [6, 6.07) is 1.47. The van der Waals surface area contributed by atoms with Gasteiger partial charge in [-0.2, -0.15) is 0 Å². The quantitative estimate of drug-likeness (QED) is 0.575. The Hall–Kier alpha value is -1.60. The van der Waals surface area contributed by atoms with E-state index in [1.807, 2.05) is 0 Å². The van der Waals surface area contributed by atoms with Crippen molar-refractivity contribution >= 4 is 12.8 Å². The molecular weight excluding hydrogens is 247 g/mol. The highest BCUT2D eigenvalue weighted by Crippen LogP contribution is 2.18. The van der Waals surface area contributed by atoms with Crippen molar-refractivity contribution in [2.75, 3.05) is 0 Å². The van der Waals surface area contributed by atoms with Crippen molar-refractivity contribution in [3.8, 4) is 11.5 Å². The monoisotopic (exact) mass is 264 g/mol. The third-order valence-corrected chi connectivity index (χ3v) is 2.83. The van der Waals surface area contributed by atoms with Gasteiger partial charge in [0.2, 0.25) is 5.89 Å². The summed E-state index contributed by atoms with van der Waals surface area (Å²) in [4.78, 5) is 0. The molecule has 0 fully saturated rings. The number of unbranched alkanes of at least 4 members (excludes halogenated alkanes) is 3. The number of furan rings is 1. The molecule has 2 aromatic heterocycles.